The van der Waals surface area contributed by atoms with Gasteiger partial charge in [0, 0.05) is 44.6 Å². The predicted molar refractivity (Wildman–Crippen MR) is 144 cm³/mol. The maximum Gasteiger partial charge on any atom is 0.276 e. The van der Waals surface area contributed by atoms with E-state index in [0.717, 1.165) is 11.3 Å². The number of hydrogen-bond donors (Lipinski definition) is 1. The minimum absolute atomic E-state index is 0.0383. The summed E-state index contributed by atoms with van der Waals surface area (Å²) in [4.78, 5) is 19.3. The van der Waals surface area contributed by atoms with Gasteiger partial charge >= 0.3 is 0 Å². The molecule has 1 N–H and O–H groups in total. The van der Waals surface area contributed by atoms with Gasteiger partial charge in [-0.2, -0.15) is 0 Å². The van der Waals surface area contributed by atoms with Crippen LogP contribution in [0.25, 0.3) is 21.3 Å². The Hall–Kier alpha value is -2.23. The Morgan fingerprint density at radius 3 is 2.42 bits per heavy atom. The first-order chi connectivity index (χ1) is 18.8. The van der Waals surface area contributed by atoms with Gasteiger partial charge < -0.3 is 14.1 Å². The maximum absolute atomic E-state index is 13.8. The van der Waals surface area contributed by atoms with Crippen LogP contribution in [0.2, 0.25) is 10.0 Å². The summed E-state index contributed by atoms with van der Waals surface area (Å²) in [5, 5.41) is 7.98. The Bertz CT molecular complexity index is 1560. The molecule has 1 aliphatic carbocycles. The molecule has 5 rings (SSSR count). The van der Waals surface area contributed by atoms with E-state index in [1.54, 1.807) is 21.0 Å². The number of nitrogens with zero attached hydrogens (tertiary/aromatic N) is 4. The van der Waals surface area contributed by atoms with E-state index in [1.165, 1.54) is 17.0 Å². The van der Waals surface area contributed by atoms with Crippen molar-refractivity contribution in [3.8, 4) is 21.3 Å². The van der Waals surface area contributed by atoms with Crippen LogP contribution in [0.3, 0.4) is 0 Å². The zero-order chi connectivity index (χ0) is 29.0. The number of piperidine rings is 1. The van der Waals surface area contributed by atoms with E-state index in [9.17, 15) is 22.0 Å². The van der Waals surface area contributed by atoms with Crippen LogP contribution in [0.4, 0.5) is 8.78 Å². The molecule has 3 aromatic rings. The predicted octanol–water partition coefficient (Wildman–Crippen LogP) is 5.36. The molecule has 10 nitrogen and oxygen atoms in total. The molecule has 2 fully saturated rings. The van der Waals surface area contributed by atoms with E-state index in [0.29, 0.717) is 12.8 Å². The van der Waals surface area contributed by atoms with E-state index in [-0.39, 0.29) is 61.0 Å². The van der Waals surface area contributed by atoms with Crippen molar-refractivity contribution in [1.82, 2.24) is 24.8 Å². The molecule has 0 spiro atoms. The van der Waals surface area contributed by atoms with Crippen LogP contribution >= 0.6 is 34.5 Å². The van der Waals surface area contributed by atoms with Crippen molar-refractivity contribution in [2.45, 2.75) is 62.0 Å². The fourth-order valence-electron chi connectivity index (χ4n) is 4.33. The molecule has 0 radical (unpaired) electrons. The smallest absolute Gasteiger partial charge is 0.276 e. The highest BCUT2D eigenvalue weighted by atomic mass is 35.5. The first-order valence-corrected chi connectivity index (χ1v) is 15.4. The lowest BCUT2D eigenvalue weighted by Gasteiger charge is -2.31. The zero-order valence-electron chi connectivity index (χ0n) is 21.6. The average Bonchev–Trinajstić information content (AvgIpc) is 3.30. The van der Waals surface area contributed by atoms with Crippen LogP contribution in [-0.2, 0) is 20.4 Å². The quantitative estimate of drug-likeness (QED) is 0.350. The number of amides is 1. The number of likely N-dealkylation sites (tertiary alicyclic amines) is 1. The fraction of sp³-hybridized carbons (Fsp3) is 0.500. The van der Waals surface area contributed by atoms with Crippen molar-refractivity contribution in [1.29, 1.82) is 0 Å². The summed E-state index contributed by atoms with van der Waals surface area (Å²) in [6, 6.07) is 2.31. The van der Waals surface area contributed by atoms with E-state index < -0.39 is 46.3 Å². The van der Waals surface area contributed by atoms with E-state index in [2.05, 4.69) is 19.9 Å². The van der Waals surface area contributed by atoms with Crippen LogP contribution in [-0.4, -0.2) is 66.6 Å². The summed E-state index contributed by atoms with van der Waals surface area (Å²) in [5.74, 6) is -3.12. The molecule has 0 unspecified atom stereocenters. The second-order valence-corrected chi connectivity index (χ2v) is 13.4. The molecule has 1 saturated carbocycles. The van der Waals surface area contributed by atoms with Crippen molar-refractivity contribution in [2.24, 2.45) is 0 Å². The highest BCUT2D eigenvalue weighted by Crippen LogP contribution is 2.49. The number of sulfonamides is 1. The first kappa shape index (κ1) is 29.3. The van der Waals surface area contributed by atoms with Crippen LogP contribution < -0.4 is 4.72 Å². The monoisotopic (exact) mass is 635 g/mol. The van der Waals surface area contributed by atoms with Crippen LogP contribution in [0, 0.1) is 0 Å². The Morgan fingerprint density at radius 1 is 1.15 bits per heavy atom. The van der Waals surface area contributed by atoms with Crippen LogP contribution in [0.15, 0.2) is 21.4 Å². The topological polar surface area (TPSA) is 128 Å². The lowest BCUT2D eigenvalue weighted by molar-refractivity contribution is -0.0494. The first-order valence-electron chi connectivity index (χ1n) is 12.3. The molecule has 216 valence electrons. The van der Waals surface area contributed by atoms with Gasteiger partial charge in [-0.25, -0.2) is 26.9 Å². The Morgan fingerprint density at radius 2 is 1.82 bits per heavy atom. The van der Waals surface area contributed by atoms with Crippen molar-refractivity contribution in [2.75, 3.05) is 20.2 Å². The molecule has 3 heterocycles. The van der Waals surface area contributed by atoms with E-state index in [4.69, 9.17) is 32.4 Å². The number of benzene rings is 1. The third-order valence-corrected chi connectivity index (χ3v) is 10.4. The minimum Gasteiger partial charge on any atom is -0.415 e. The van der Waals surface area contributed by atoms with Gasteiger partial charge in [-0.3, -0.25) is 4.79 Å². The molecule has 2 aliphatic rings. The van der Waals surface area contributed by atoms with Crippen molar-refractivity contribution in [3.63, 3.8) is 0 Å². The highest BCUT2D eigenvalue weighted by Gasteiger charge is 2.50. The molecule has 1 saturated heterocycles. The zero-order valence-corrected chi connectivity index (χ0v) is 24.8. The summed E-state index contributed by atoms with van der Waals surface area (Å²) < 4.78 is 66.9. The number of hydrogen-bond acceptors (Lipinski definition) is 9. The largest absolute Gasteiger partial charge is 0.415 e. The van der Waals surface area contributed by atoms with Crippen LogP contribution in [0.5, 0.6) is 0 Å². The Kier molecular flexibility index (Phi) is 7.72. The van der Waals surface area contributed by atoms with E-state index >= 15 is 0 Å². The van der Waals surface area contributed by atoms with Crippen LogP contribution in [0.1, 0.15) is 55.9 Å². The number of rotatable bonds is 8. The molecule has 16 heteroatoms. The van der Waals surface area contributed by atoms with E-state index in [1.807, 2.05) is 0 Å². The summed E-state index contributed by atoms with van der Waals surface area (Å²) in [6.07, 6.45) is 0.484. The number of carbonyl (C=O) groups is 1. The summed E-state index contributed by atoms with van der Waals surface area (Å²) >= 11 is 14.0. The van der Waals surface area contributed by atoms with Gasteiger partial charge in [0.15, 0.2) is 5.01 Å². The fourth-order valence-corrected chi connectivity index (χ4v) is 7.51. The standard InChI is InChI=1S/C24H25Cl2F2N5O5S2/c1-12(2)32-40(35,36)14-5-4-13(15(25)16(14)26)18-17(21(34)33-10-8-24(27,28)9-11-33)29-20(39-18)19-30-31-22(38-19)23(37-3)6-7-23/h4-5,12,32H,6-11H2,1-3H3. The lowest BCUT2D eigenvalue weighted by Crippen LogP contribution is -2.43. The van der Waals surface area contributed by atoms with Gasteiger partial charge in [0.2, 0.25) is 15.9 Å². The maximum atomic E-state index is 13.8. The number of nitrogens with one attached hydrogen (secondary N) is 1. The lowest BCUT2D eigenvalue weighted by atomic mass is 10.1. The third-order valence-electron chi connectivity index (χ3n) is 6.68. The summed E-state index contributed by atoms with van der Waals surface area (Å²) in [6.45, 7) is 3.00. The van der Waals surface area contributed by atoms with Gasteiger partial charge in [0.25, 0.3) is 17.7 Å². The molecule has 1 aromatic carbocycles. The van der Waals surface area contributed by atoms with Gasteiger partial charge in [0.1, 0.15) is 16.2 Å². The molecular formula is C24H25Cl2F2N5O5S2. The minimum atomic E-state index is -3.98. The molecule has 1 aliphatic heterocycles. The summed E-state index contributed by atoms with van der Waals surface area (Å²) in [5.41, 5.74) is -0.489. The Labute approximate surface area is 243 Å². The molecule has 2 aromatic heterocycles. The second kappa shape index (κ2) is 10.6. The number of carbonyl (C=O) groups excluding carboxylic acids is 1. The van der Waals surface area contributed by atoms with Crippen molar-refractivity contribution < 1.29 is 31.1 Å². The molecule has 1 amide bonds. The number of halogens is 4. The molecule has 0 atom stereocenters. The molecule has 0 bridgehead atoms. The number of ether oxygens (including phenoxy) is 1. The van der Waals surface area contributed by atoms with Crippen molar-refractivity contribution in [3.05, 3.63) is 33.8 Å². The number of thiazole rings is 1. The number of alkyl halides is 2. The summed E-state index contributed by atoms with van der Waals surface area (Å²) in [7, 11) is -2.44. The van der Waals surface area contributed by atoms with Gasteiger partial charge in [0.05, 0.1) is 14.9 Å². The normalized spacial score (nSPS) is 18.4. The highest BCUT2D eigenvalue weighted by molar-refractivity contribution is 7.89. The SMILES string of the molecule is COC1(c2nnc(-c3nc(C(=O)N4CCC(F)(F)CC4)c(-c4ccc(S(=O)(=O)NC(C)C)c(Cl)c4Cl)s3)o2)CC1. The van der Waals surface area contributed by atoms with Gasteiger partial charge in [-0.1, -0.05) is 29.3 Å². The average molecular weight is 637 g/mol. The van der Waals surface area contributed by atoms with Crippen molar-refractivity contribution >= 4 is 50.5 Å². The molecule has 40 heavy (non-hydrogen) atoms. The van der Waals surface area contributed by atoms with Gasteiger partial charge in [-0.15, -0.1) is 21.5 Å². The van der Waals surface area contributed by atoms with Gasteiger partial charge in [-0.05, 0) is 32.8 Å². The third kappa shape index (κ3) is 5.49. The number of aromatic nitrogens is 3. The molecular weight excluding hydrogens is 611 g/mol. The Balaban J connectivity index is 1.58. The number of methoxy groups -OCH3 is 1. The second-order valence-electron chi connectivity index (χ2n) is 9.97.